The molecule has 12 heteroatoms. The van der Waals surface area contributed by atoms with Crippen LogP contribution in [0, 0.1) is 11.6 Å². The fraction of sp³-hybridized carbons (Fsp3) is 0.200. The molecule has 4 rings (SSSR count). The molecule has 4 N–H and O–H groups in total. The summed E-state index contributed by atoms with van der Waals surface area (Å²) in [7, 11) is 0. The maximum atomic E-state index is 13.4. The van der Waals surface area contributed by atoms with Gasteiger partial charge in [-0.05, 0) is 85.6 Å². The van der Waals surface area contributed by atoms with Crippen molar-refractivity contribution in [3.05, 3.63) is 118 Å². The second-order valence-corrected chi connectivity index (χ2v) is 11.5. The maximum absolute atomic E-state index is 13.4. The number of unbranched alkanes of at least 4 members (excludes halogenated alkanes) is 4. The first-order valence-corrected chi connectivity index (χ1v) is 15.7. The molecule has 0 spiro atoms. The van der Waals surface area contributed by atoms with Gasteiger partial charge in [-0.2, -0.15) is 0 Å². The zero-order valence-corrected chi connectivity index (χ0v) is 26.7. The van der Waals surface area contributed by atoms with Crippen molar-refractivity contribution in [1.29, 1.82) is 0 Å². The highest BCUT2D eigenvalue weighted by molar-refractivity contribution is 6.31. The molecule has 0 saturated heterocycles. The van der Waals surface area contributed by atoms with Gasteiger partial charge in [0, 0.05) is 46.7 Å². The number of rotatable bonds is 14. The summed E-state index contributed by atoms with van der Waals surface area (Å²) in [5.41, 5.74) is 2.29. The molecule has 0 heterocycles. The van der Waals surface area contributed by atoms with Gasteiger partial charge in [0.1, 0.15) is 11.6 Å². The average molecular weight is 682 g/mol. The fourth-order valence-corrected chi connectivity index (χ4v) is 4.94. The number of anilines is 4. The summed E-state index contributed by atoms with van der Waals surface area (Å²) in [4.78, 5) is 50.0. The fourth-order valence-electron chi connectivity index (χ4n) is 4.58. The normalized spacial score (nSPS) is 10.6. The lowest BCUT2D eigenvalue weighted by atomic mass is 10.1. The second kappa shape index (κ2) is 17.2. The molecule has 0 aliphatic rings. The zero-order valence-electron chi connectivity index (χ0n) is 25.2. The van der Waals surface area contributed by atoms with E-state index >= 15 is 0 Å². The lowest BCUT2D eigenvalue weighted by Crippen LogP contribution is -2.14. The predicted octanol–water partition coefficient (Wildman–Crippen LogP) is 9.08. The number of hydrogen-bond acceptors (Lipinski definition) is 4. The van der Waals surface area contributed by atoms with Crippen molar-refractivity contribution < 1.29 is 28.0 Å². The molecule has 0 aliphatic carbocycles. The number of carbonyl (C=O) groups is 4. The molecular formula is C35H32Cl2F2N4O4. The quantitative estimate of drug-likeness (QED) is 0.0994. The SMILES string of the molecule is O=C(CCCCCCCC(=O)Nc1cccc(C(=O)Nc2ccc(F)c(Cl)c2)c1)Nc1cccc(C(=O)Nc2ccc(F)c(Cl)c2)c1. The summed E-state index contributed by atoms with van der Waals surface area (Å²) in [6.45, 7) is 0. The van der Waals surface area contributed by atoms with Crippen molar-refractivity contribution in [2.45, 2.75) is 44.9 Å². The van der Waals surface area contributed by atoms with E-state index in [-0.39, 0.29) is 21.9 Å². The molecule has 4 aromatic rings. The summed E-state index contributed by atoms with van der Waals surface area (Å²) in [6, 6.07) is 20.7. The molecule has 0 saturated carbocycles. The van der Waals surface area contributed by atoms with E-state index in [1.807, 2.05) is 0 Å². The van der Waals surface area contributed by atoms with E-state index in [4.69, 9.17) is 23.2 Å². The van der Waals surface area contributed by atoms with Gasteiger partial charge in [0.2, 0.25) is 11.8 Å². The van der Waals surface area contributed by atoms with Gasteiger partial charge in [-0.3, -0.25) is 19.2 Å². The van der Waals surface area contributed by atoms with Crippen LogP contribution in [0.4, 0.5) is 31.5 Å². The van der Waals surface area contributed by atoms with Gasteiger partial charge in [-0.25, -0.2) is 8.78 Å². The van der Waals surface area contributed by atoms with Crippen molar-refractivity contribution in [3.8, 4) is 0 Å². The van der Waals surface area contributed by atoms with Crippen molar-refractivity contribution >= 4 is 69.6 Å². The van der Waals surface area contributed by atoms with Crippen LogP contribution in [0.25, 0.3) is 0 Å². The van der Waals surface area contributed by atoms with E-state index in [0.29, 0.717) is 59.6 Å². The molecule has 47 heavy (non-hydrogen) atoms. The molecule has 0 radical (unpaired) electrons. The van der Waals surface area contributed by atoms with E-state index in [0.717, 1.165) is 31.4 Å². The van der Waals surface area contributed by atoms with Crippen molar-refractivity contribution in [2.75, 3.05) is 21.3 Å². The molecule has 4 amide bonds. The number of nitrogens with one attached hydrogen (secondary N) is 4. The first-order chi connectivity index (χ1) is 22.6. The first-order valence-electron chi connectivity index (χ1n) is 14.9. The van der Waals surface area contributed by atoms with Crippen LogP contribution in [-0.2, 0) is 9.59 Å². The number of halogens is 4. The molecular weight excluding hydrogens is 649 g/mol. The van der Waals surface area contributed by atoms with Gasteiger partial charge in [0.05, 0.1) is 10.0 Å². The number of hydrogen-bond donors (Lipinski definition) is 4. The van der Waals surface area contributed by atoms with Crippen molar-refractivity contribution in [3.63, 3.8) is 0 Å². The maximum Gasteiger partial charge on any atom is 0.255 e. The lowest BCUT2D eigenvalue weighted by molar-refractivity contribution is -0.117. The number of amides is 4. The topological polar surface area (TPSA) is 116 Å². The van der Waals surface area contributed by atoms with Gasteiger partial charge in [0.15, 0.2) is 0 Å². The number of benzene rings is 4. The molecule has 244 valence electrons. The van der Waals surface area contributed by atoms with Gasteiger partial charge in [0.25, 0.3) is 11.8 Å². The highest BCUT2D eigenvalue weighted by Crippen LogP contribution is 2.22. The molecule has 0 aromatic heterocycles. The number of carbonyl (C=O) groups excluding carboxylic acids is 4. The summed E-state index contributed by atoms with van der Waals surface area (Å²) < 4.78 is 26.7. The lowest BCUT2D eigenvalue weighted by Gasteiger charge is -2.09. The van der Waals surface area contributed by atoms with Gasteiger partial charge >= 0.3 is 0 Å². The van der Waals surface area contributed by atoms with E-state index in [9.17, 15) is 28.0 Å². The summed E-state index contributed by atoms with van der Waals surface area (Å²) in [6.07, 6.45) is 4.44. The van der Waals surface area contributed by atoms with E-state index in [2.05, 4.69) is 21.3 Å². The Balaban J connectivity index is 1.10. The molecule has 8 nitrogen and oxygen atoms in total. The van der Waals surface area contributed by atoms with Crippen LogP contribution in [0.15, 0.2) is 84.9 Å². The highest BCUT2D eigenvalue weighted by atomic mass is 35.5. The zero-order chi connectivity index (χ0) is 33.8. The first kappa shape index (κ1) is 35.1. The molecule has 0 aliphatic heterocycles. The molecule has 0 unspecified atom stereocenters. The molecule has 0 bridgehead atoms. The minimum atomic E-state index is -0.585. The Kier molecular flexibility index (Phi) is 12.8. The van der Waals surface area contributed by atoms with Crippen LogP contribution in [0.1, 0.15) is 65.7 Å². The Morgan fingerprint density at radius 1 is 0.489 bits per heavy atom. The molecule has 0 atom stereocenters. The van der Waals surface area contributed by atoms with Crippen LogP contribution in [0.5, 0.6) is 0 Å². The Labute approximate surface area is 280 Å². The van der Waals surface area contributed by atoms with E-state index < -0.39 is 23.4 Å². The highest BCUT2D eigenvalue weighted by Gasteiger charge is 2.12. The Bertz CT molecular complexity index is 1640. The summed E-state index contributed by atoms with van der Waals surface area (Å²) in [5.74, 6) is -2.38. The standard InChI is InChI=1S/C35H32Cl2F2N4O4/c36-28-20-26(14-16-30(28)38)42-34(46)22-8-6-10-24(18-22)40-32(44)12-4-2-1-3-5-13-33(45)41-25-11-7-9-23(19-25)35(47)43-27-15-17-31(39)29(37)21-27/h6-11,14-21H,1-5,12-13H2,(H,40,44)(H,41,45)(H,42,46)(H,43,47). The third-order valence-corrected chi connectivity index (χ3v) is 7.56. The van der Waals surface area contributed by atoms with Crippen molar-refractivity contribution in [2.24, 2.45) is 0 Å². The summed E-state index contributed by atoms with van der Waals surface area (Å²) >= 11 is 11.5. The van der Waals surface area contributed by atoms with E-state index in [1.54, 1.807) is 48.5 Å². The van der Waals surface area contributed by atoms with Gasteiger partial charge in [-0.1, -0.05) is 54.6 Å². The molecule has 0 fully saturated rings. The van der Waals surface area contributed by atoms with Crippen LogP contribution in [0.2, 0.25) is 10.0 Å². The third-order valence-electron chi connectivity index (χ3n) is 6.98. The largest absolute Gasteiger partial charge is 0.326 e. The van der Waals surface area contributed by atoms with Crippen LogP contribution >= 0.6 is 23.2 Å². The van der Waals surface area contributed by atoms with Crippen molar-refractivity contribution in [1.82, 2.24) is 0 Å². The Morgan fingerprint density at radius 2 is 0.872 bits per heavy atom. The minimum absolute atomic E-state index is 0.103. The van der Waals surface area contributed by atoms with Gasteiger partial charge < -0.3 is 21.3 Å². The smallest absolute Gasteiger partial charge is 0.255 e. The average Bonchev–Trinajstić information content (AvgIpc) is 3.04. The second-order valence-electron chi connectivity index (χ2n) is 10.7. The minimum Gasteiger partial charge on any atom is -0.326 e. The molecule has 4 aromatic carbocycles. The van der Waals surface area contributed by atoms with Crippen LogP contribution < -0.4 is 21.3 Å². The van der Waals surface area contributed by atoms with Crippen LogP contribution in [-0.4, -0.2) is 23.6 Å². The Hall–Kier alpha value is -4.80. The summed E-state index contributed by atoms with van der Waals surface area (Å²) in [5, 5.41) is 10.7. The monoisotopic (exact) mass is 680 g/mol. The third kappa shape index (κ3) is 11.2. The Morgan fingerprint density at radius 3 is 1.28 bits per heavy atom. The van der Waals surface area contributed by atoms with Gasteiger partial charge in [-0.15, -0.1) is 0 Å². The van der Waals surface area contributed by atoms with Crippen LogP contribution in [0.3, 0.4) is 0 Å². The van der Waals surface area contributed by atoms with E-state index in [1.165, 1.54) is 24.3 Å². The predicted molar refractivity (Wildman–Crippen MR) is 181 cm³/mol.